The van der Waals surface area contributed by atoms with Crippen LogP contribution in [0.15, 0.2) is 44.2 Å². The lowest BCUT2D eigenvalue weighted by Gasteiger charge is -2.15. The monoisotopic (exact) mass is 553 g/mol. The summed E-state index contributed by atoms with van der Waals surface area (Å²) in [5.41, 5.74) is 1.15. The maximum Gasteiger partial charge on any atom is 0.265 e. The third-order valence-electron chi connectivity index (χ3n) is 5.12. The van der Waals surface area contributed by atoms with E-state index >= 15 is 0 Å². The molecule has 9 nitrogen and oxygen atoms in total. The minimum atomic E-state index is -4.06. The fourth-order valence-electron chi connectivity index (χ4n) is 3.32. The van der Waals surface area contributed by atoms with Crippen molar-refractivity contribution in [1.29, 1.82) is 0 Å². The number of hydrogen-bond acceptors (Lipinski definition) is 7. The molecule has 0 fully saturated rings. The molecule has 0 aliphatic heterocycles. The van der Waals surface area contributed by atoms with Gasteiger partial charge in [0.2, 0.25) is 0 Å². The molecule has 0 atom stereocenters. The zero-order valence-electron chi connectivity index (χ0n) is 19.3. The summed E-state index contributed by atoms with van der Waals surface area (Å²) in [6.07, 6.45) is 4.17. The number of halogens is 1. The average molecular weight is 554 g/mol. The molecule has 1 heterocycles. The van der Waals surface area contributed by atoms with Gasteiger partial charge in [-0.1, -0.05) is 47.3 Å². The maximum absolute atomic E-state index is 13.2. The molecular weight excluding hydrogens is 526 g/mol. The lowest BCUT2D eigenvalue weighted by molar-refractivity contribution is -0.123. The van der Waals surface area contributed by atoms with Gasteiger partial charge >= 0.3 is 0 Å². The predicted molar refractivity (Wildman–Crippen MR) is 133 cm³/mol. The van der Waals surface area contributed by atoms with Crippen LogP contribution in [-0.4, -0.2) is 39.7 Å². The molecule has 0 bridgehead atoms. The SMILES string of the molecule is CCCCCCNC(=O)COc1cc2onc(C)c2cc1NS(=O)(=O)c1cc(Br)ccc1OC. The number of hydrogen-bond donors (Lipinski definition) is 2. The standard InChI is InChI=1S/C23H28BrN3O6S/c1-4-5-6-7-10-25-23(28)14-32-21-13-20-17(15(2)26-33-20)12-18(21)27-34(29,30)22-11-16(24)8-9-19(22)31-3/h8-9,11-13,27H,4-7,10,14H2,1-3H3,(H,25,28). The van der Waals surface area contributed by atoms with Gasteiger partial charge in [-0.15, -0.1) is 0 Å². The third-order valence-corrected chi connectivity index (χ3v) is 7.00. The molecule has 184 valence electrons. The number of nitrogens with one attached hydrogen (secondary N) is 2. The van der Waals surface area contributed by atoms with Crippen LogP contribution in [0.3, 0.4) is 0 Å². The zero-order valence-corrected chi connectivity index (χ0v) is 21.7. The number of carbonyl (C=O) groups excluding carboxylic acids is 1. The van der Waals surface area contributed by atoms with Crippen molar-refractivity contribution in [1.82, 2.24) is 10.5 Å². The van der Waals surface area contributed by atoms with Crippen molar-refractivity contribution in [2.45, 2.75) is 44.4 Å². The number of nitrogens with zero attached hydrogens (tertiary/aromatic N) is 1. The van der Waals surface area contributed by atoms with Crippen LogP contribution >= 0.6 is 15.9 Å². The van der Waals surface area contributed by atoms with Gasteiger partial charge in [-0.05, 0) is 37.6 Å². The number of unbranched alkanes of at least 4 members (excludes halogenated alkanes) is 3. The molecule has 2 N–H and O–H groups in total. The van der Waals surface area contributed by atoms with Crippen molar-refractivity contribution in [2.24, 2.45) is 0 Å². The number of rotatable bonds is 12. The van der Waals surface area contributed by atoms with Crippen LogP contribution in [0, 0.1) is 6.92 Å². The van der Waals surface area contributed by atoms with Gasteiger partial charge in [0.25, 0.3) is 15.9 Å². The van der Waals surface area contributed by atoms with Crippen LogP contribution in [0.2, 0.25) is 0 Å². The van der Waals surface area contributed by atoms with Crippen LogP contribution in [0.5, 0.6) is 11.5 Å². The topological polar surface area (TPSA) is 120 Å². The van der Waals surface area contributed by atoms with Gasteiger partial charge in [0, 0.05) is 22.5 Å². The van der Waals surface area contributed by atoms with Gasteiger partial charge < -0.3 is 19.3 Å². The lowest BCUT2D eigenvalue weighted by atomic mass is 10.2. The highest BCUT2D eigenvalue weighted by atomic mass is 79.9. The average Bonchev–Trinajstić information content (AvgIpc) is 3.16. The van der Waals surface area contributed by atoms with Crippen molar-refractivity contribution in [3.8, 4) is 11.5 Å². The Bertz CT molecular complexity index is 1260. The van der Waals surface area contributed by atoms with E-state index < -0.39 is 10.0 Å². The predicted octanol–water partition coefficient (Wildman–Crippen LogP) is 4.78. The van der Waals surface area contributed by atoms with Gasteiger partial charge in [-0.3, -0.25) is 9.52 Å². The number of fused-ring (bicyclic) bond motifs is 1. The van der Waals surface area contributed by atoms with Crippen LogP contribution in [0.4, 0.5) is 5.69 Å². The summed E-state index contributed by atoms with van der Waals surface area (Å²) in [6, 6.07) is 7.76. The summed E-state index contributed by atoms with van der Waals surface area (Å²) in [4.78, 5) is 12.2. The maximum atomic E-state index is 13.2. The number of ether oxygens (including phenoxy) is 2. The fourth-order valence-corrected chi connectivity index (χ4v) is 5.09. The molecule has 2 aromatic carbocycles. The number of aryl methyl sites for hydroxylation is 1. The smallest absolute Gasteiger partial charge is 0.265 e. The summed E-state index contributed by atoms with van der Waals surface area (Å²) >= 11 is 3.29. The van der Waals surface area contributed by atoms with Crippen molar-refractivity contribution >= 4 is 48.5 Å². The number of amides is 1. The summed E-state index contributed by atoms with van der Waals surface area (Å²) in [7, 11) is -2.67. The number of aromatic nitrogens is 1. The lowest BCUT2D eigenvalue weighted by Crippen LogP contribution is -2.29. The van der Waals surface area contributed by atoms with Gasteiger partial charge in [-0.25, -0.2) is 8.42 Å². The van der Waals surface area contributed by atoms with Crippen LogP contribution < -0.4 is 19.5 Å². The second kappa shape index (κ2) is 11.6. The van der Waals surface area contributed by atoms with E-state index in [1.807, 2.05) is 0 Å². The van der Waals surface area contributed by atoms with Gasteiger partial charge in [0.1, 0.15) is 16.4 Å². The van der Waals surface area contributed by atoms with E-state index in [1.165, 1.54) is 19.2 Å². The fraction of sp³-hybridized carbons (Fsp3) is 0.391. The molecule has 0 saturated heterocycles. The van der Waals surface area contributed by atoms with E-state index in [0.29, 0.717) is 27.7 Å². The van der Waals surface area contributed by atoms with E-state index in [9.17, 15) is 13.2 Å². The van der Waals surface area contributed by atoms with Crippen molar-refractivity contribution in [2.75, 3.05) is 25.0 Å². The zero-order chi connectivity index (χ0) is 24.7. The second-order valence-electron chi connectivity index (χ2n) is 7.71. The quantitative estimate of drug-likeness (QED) is 0.309. The van der Waals surface area contributed by atoms with E-state index in [-0.39, 0.29) is 34.6 Å². The Kier molecular flexibility index (Phi) is 8.78. The highest BCUT2D eigenvalue weighted by molar-refractivity contribution is 9.10. The van der Waals surface area contributed by atoms with E-state index in [1.54, 1.807) is 25.1 Å². The van der Waals surface area contributed by atoms with Crippen molar-refractivity contribution < 1.29 is 27.2 Å². The van der Waals surface area contributed by atoms with Crippen LogP contribution in [0.1, 0.15) is 38.3 Å². The molecule has 1 amide bonds. The number of methoxy groups -OCH3 is 1. The first-order valence-corrected chi connectivity index (χ1v) is 13.2. The summed E-state index contributed by atoms with van der Waals surface area (Å²) in [5.74, 6) is 0.0259. The van der Waals surface area contributed by atoms with Gasteiger partial charge in [-0.2, -0.15) is 0 Å². The van der Waals surface area contributed by atoms with E-state index in [0.717, 1.165) is 25.7 Å². The van der Waals surface area contributed by atoms with Gasteiger partial charge in [0.15, 0.2) is 12.2 Å². The molecule has 11 heteroatoms. The van der Waals surface area contributed by atoms with Crippen molar-refractivity contribution in [3.05, 3.63) is 40.5 Å². The summed E-state index contributed by atoms with van der Waals surface area (Å²) in [5, 5.41) is 7.34. The Morgan fingerprint density at radius 3 is 2.68 bits per heavy atom. The third kappa shape index (κ3) is 6.41. The van der Waals surface area contributed by atoms with Gasteiger partial charge in [0.05, 0.1) is 18.5 Å². The second-order valence-corrected chi connectivity index (χ2v) is 10.3. The first-order chi connectivity index (χ1) is 16.2. The van der Waals surface area contributed by atoms with E-state index in [2.05, 4.69) is 38.0 Å². The molecule has 0 aliphatic rings. The molecule has 0 spiro atoms. The Morgan fingerprint density at radius 2 is 1.94 bits per heavy atom. The largest absolute Gasteiger partial charge is 0.495 e. The molecule has 3 rings (SSSR count). The first kappa shape index (κ1) is 25.8. The first-order valence-electron chi connectivity index (χ1n) is 10.9. The molecular formula is C23H28BrN3O6S. The van der Waals surface area contributed by atoms with Crippen LogP contribution in [-0.2, 0) is 14.8 Å². The Labute approximate surface area is 207 Å². The molecule has 0 radical (unpaired) electrons. The number of anilines is 1. The highest BCUT2D eigenvalue weighted by Crippen LogP contribution is 2.35. The Hall–Kier alpha value is -2.79. The van der Waals surface area contributed by atoms with Crippen molar-refractivity contribution in [3.63, 3.8) is 0 Å². The van der Waals surface area contributed by atoms with Crippen LogP contribution in [0.25, 0.3) is 11.0 Å². The van der Waals surface area contributed by atoms with E-state index in [4.69, 9.17) is 14.0 Å². The Balaban J connectivity index is 1.84. The normalized spacial score (nSPS) is 11.4. The molecule has 1 aromatic heterocycles. The molecule has 0 saturated carbocycles. The number of benzene rings is 2. The molecule has 0 unspecified atom stereocenters. The minimum Gasteiger partial charge on any atom is -0.495 e. The summed E-state index contributed by atoms with van der Waals surface area (Å²) in [6.45, 7) is 4.15. The molecule has 0 aliphatic carbocycles. The summed E-state index contributed by atoms with van der Waals surface area (Å²) < 4.78 is 45.8. The number of carbonyl (C=O) groups is 1. The Morgan fingerprint density at radius 1 is 1.15 bits per heavy atom. The number of sulfonamides is 1. The molecule has 34 heavy (non-hydrogen) atoms. The highest BCUT2D eigenvalue weighted by Gasteiger charge is 2.23. The molecule has 3 aromatic rings. The minimum absolute atomic E-state index is 0.0534.